The predicted molar refractivity (Wildman–Crippen MR) is 79.4 cm³/mol. The smallest absolute Gasteiger partial charge is 0.133 e. The molecule has 0 fully saturated rings. The molecule has 0 aliphatic carbocycles. The summed E-state index contributed by atoms with van der Waals surface area (Å²) in [6.07, 6.45) is 0. The van der Waals surface area contributed by atoms with Gasteiger partial charge in [-0.2, -0.15) is 0 Å². The van der Waals surface area contributed by atoms with Gasteiger partial charge in [-0.05, 0) is 58.2 Å². The Hall–Kier alpha value is -1.13. The number of benzene rings is 2. The van der Waals surface area contributed by atoms with E-state index in [1.807, 2.05) is 6.92 Å². The van der Waals surface area contributed by atoms with Crippen LogP contribution in [0.1, 0.15) is 23.4 Å². The van der Waals surface area contributed by atoms with E-state index in [1.54, 1.807) is 18.2 Å². The predicted octanol–water partition coefficient (Wildman–Crippen LogP) is 5.45. The number of ether oxygens (including phenoxy) is 1. The monoisotopic (exact) mass is 360 g/mol. The minimum atomic E-state index is -0.643. The highest BCUT2D eigenvalue weighted by atomic mass is 79.9. The van der Waals surface area contributed by atoms with Crippen molar-refractivity contribution in [1.82, 2.24) is 0 Å². The molecule has 106 valence electrons. The molecule has 1 unspecified atom stereocenters. The van der Waals surface area contributed by atoms with Gasteiger partial charge in [0.25, 0.3) is 0 Å². The van der Waals surface area contributed by atoms with Gasteiger partial charge in [0.05, 0.1) is 16.5 Å². The van der Waals surface area contributed by atoms with Crippen LogP contribution in [0, 0.1) is 11.6 Å². The van der Waals surface area contributed by atoms with Crippen LogP contribution in [0.5, 0.6) is 5.75 Å². The van der Waals surface area contributed by atoms with Gasteiger partial charge in [-0.25, -0.2) is 8.78 Å². The summed E-state index contributed by atoms with van der Waals surface area (Å²) < 4.78 is 32.6. The van der Waals surface area contributed by atoms with Crippen molar-refractivity contribution in [2.45, 2.75) is 12.3 Å². The van der Waals surface area contributed by atoms with Crippen molar-refractivity contribution in [1.29, 1.82) is 0 Å². The van der Waals surface area contributed by atoms with Crippen LogP contribution in [-0.2, 0) is 0 Å². The topological polar surface area (TPSA) is 9.23 Å². The van der Waals surface area contributed by atoms with E-state index in [0.717, 1.165) is 16.1 Å². The maximum absolute atomic E-state index is 13.2. The first-order valence-corrected chi connectivity index (χ1v) is 7.26. The largest absolute Gasteiger partial charge is 0.493 e. The molecule has 2 aromatic carbocycles. The maximum atomic E-state index is 13.2. The van der Waals surface area contributed by atoms with Crippen molar-refractivity contribution in [3.8, 4) is 5.75 Å². The second-order valence-corrected chi connectivity index (χ2v) is 5.48. The Morgan fingerprint density at radius 1 is 1.10 bits per heavy atom. The van der Waals surface area contributed by atoms with Crippen molar-refractivity contribution in [3.05, 3.63) is 63.6 Å². The fourth-order valence-corrected chi connectivity index (χ4v) is 2.63. The van der Waals surface area contributed by atoms with Crippen LogP contribution in [0.15, 0.2) is 40.9 Å². The van der Waals surface area contributed by atoms with Gasteiger partial charge in [-0.15, -0.1) is 11.6 Å². The normalized spacial score (nSPS) is 12.2. The standard InChI is InChI=1S/C15H12BrClF2O/c1-2-20-14-4-3-9(7-13(14)16)15(17)10-5-11(18)8-12(19)6-10/h3-8,15H,2H2,1H3. The Bertz CT molecular complexity index is 599. The van der Waals surface area contributed by atoms with E-state index in [2.05, 4.69) is 15.9 Å². The summed E-state index contributed by atoms with van der Waals surface area (Å²) in [5.41, 5.74) is 1.10. The lowest BCUT2D eigenvalue weighted by atomic mass is 10.0. The number of hydrogen-bond donors (Lipinski definition) is 0. The SMILES string of the molecule is CCOc1ccc(C(Cl)c2cc(F)cc(F)c2)cc1Br. The fraction of sp³-hybridized carbons (Fsp3) is 0.200. The second kappa shape index (κ2) is 6.55. The number of hydrogen-bond acceptors (Lipinski definition) is 1. The Morgan fingerprint density at radius 3 is 2.30 bits per heavy atom. The Labute approximate surface area is 129 Å². The fourth-order valence-electron chi connectivity index (χ4n) is 1.86. The van der Waals surface area contributed by atoms with Gasteiger partial charge in [-0.3, -0.25) is 0 Å². The van der Waals surface area contributed by atoms with Gasteiger partial charge in [0, 0.05) is 6.07 Å². The maximum Gasteiger partial charge on any atom is 0.133 e. The van der Waals surface area contributed by atoms with Crippen LogP contribution in [-0.4, -0.2) is 6.61 Å². The number of rotatable bonds is 4. The van der Waals surface area contributed by atoms with Crippen molar-refractivity contribution in [3.63, 3.8) is 0 Å². The van der Waals surface area contributed by atoms with Gasteiger partial charge in [0.15, 0.2) is 0 Å². The molecule has 0 bridgehead atoms. The van der Waals surface area contributed by atoms with Gasteiger partial charge in [-0.1, -0.05) is 6.07 Å². The third-order valence-corrected chi connectivity index (χ3v) is 3.85. The zero-order valence-corrected chi connectivity index (χ0v) is 13.0. The van der Waals surface area contributed by atoms with Crippen molar-refractivity contribution < 1.29 is 13.5 Å². The van der Waals surface area contributed by atoms with Crippen LogP contribution < -0.4 is 4.74 Å². The third kappa shape index (κ3) is 3.49. The minimum absolute atomic E-state index is 0.375. The van der Waals surface area contributed by atoms with E-state index >= 15 is 0 Å². The summed E-state index contributed by atoms with van der Waals surface area (Å²) in [5, 5.41) is -0.632. The van der Waals surface area contributed by atoms with Gasteiger partial charge >= 0.3 is 0 Å². The van der Waals surface area contributed by atoms with Gasteiger partial charge in [0.2, 0.25) is 0 Å². The van der Waals surface area contributed by atoms with Crippen LogP contribution in [0.2, 0.25) is 0 Å². The van der Waals surface area contributed by atoms with E-state index in [9.17, 15) is 8.78 Å². The van der Waals surface area contributed by atoms with Gasteiger partial charge < -0.3 is 4.74 Å². The van der Waals surface area contributed by atoms with E-state index in [4.69, 9.17) is 16.3 Å². The molecule has 20 heavy (non-hydrogen) atoms. The molecule has 5 heteroatoms. The lowest BCUT2D eigenvalue weighted by molar-refractivity contribution is 0.338. The summed E-state index contributed by atoms with van der Waals surface area (Å²) >= 11 is 9.67. The lowest BCUT2D eigenvalue weighted by Gasteiger charge is -2.13. The van der Waals surface area contributed by atoms with E-state index in [1.165, 1.54) is 12.1 Å². The molecule has 0 aliphatic heterocycles. The van der Waals surface area contributed by atoms with Crippen molar-refractivity contribution in [2.75, 3.05) is 6.61 Å². The highest BCUT2D eigenvalue weighted by Gasteiger charge is 2.15. The van der Waals surface area contributed by atoms with Crippen LogP contribution in [0.4, 0.5) is 8.78 Å². The average Bonchev–Trinajstić information content (AvgIpc) is 2.39. The first-order chi connectivity index (χ1) is 9.51. The van der Waals surface area contributed by atoms with Crippen LogP contribution in [0.25, 0.3) is 0 Å². The van der Waals surface area contributed by atoms with E-state index in [0.29, 0.717) is 17.9 Å². The van der Waals surface area contributed by atoms with E-state index in [-0.39, 0.29) is 0 Å². The van der Waals surface area contributed by atoms with Crippen molar-refractivity contribution >= 4 is 27.5 Å². The first-order valence-electron chi connectivity index (χ1n) is 6.03. The van der Waals surface area contributed by atoms with E-state index < -0.39 is 17.0 Å². The number of alkyl halides is 1. The quantitative estimate of drug-likeness (QED) is 0.658. The summed E-state index contributed by atoms with van der Waals surface area (Å²) in [5.74, 6) is -0.586. The molecule has 0 heterocycles. The van der Waals surface area contributed by atoms with Crippen LogP contribution in [0.3, 0.4) is 0 Å². The molecule has 0 saturated carbocycles. The molecule has 0 amide bonds. The average molecular weight is 362 g/mol. The Kier molecular flexibility index (Phi) is 5.00. The molecule has 1 atom stereocenters. The molecule has 0 aromatic heterocycles. The molecular formula is C15H12BrClF2O. The highest BCUT2D eigenvalue weighted by molar-refractivity contribution is 9.10. The number of halogens is 4. The summed E-state index contributed by atoms with van der Waals surface area (Å²) in [4.78, 5) is 0. The molecular weight excluding hydrogens is 350 g/mol. The summed E-state index contributed by atoms with van der Waals surface area (Å²) in [6.45, 7) is 2.44. The van der Waals surface area contributed by atoms with Gasteiger partial charge in [0.1, 0.15) is 17.4 Å². The molecule has 2 aromatic rings. The molecule has 0 spiro atoms. The first kappa shape index (κ1) is 15.3. The Morgan fingerprint density at radius 2 is 1.75 bits per heavy atom. The third-order valence-electron chi connectivity index (χ3n) is 2.73. The van der Waals surface area contributed by atoms with Crippen LogP contribution >= 0.6 is 27.5 Å². The molecule has 0 aliphatic rings. The second-order valence-electron chi connectivity index (χ2n) is 4.19. The highest BCUT2D eigenvalue weighted by Crippen LogP contribution is 2.34. The zero-order valence-electron chi connectivity index (χ0n) is 10.7. The summed E-state index contributed by atoms with van der Waals surface area (Å²) in [7, 11) is 0. The Balaban J connectivity index is 2.33. The molecule has 0 radical (unpaired) electrons. The molecule has 1 nitrogen and oxygen atoms in total. The zero-order chi connectivity index (χ0) is 14.7. The lowest BCUT2D eigenvalue weighted by Crippen LogP contribution is -1.97. The molecule has 2 rings (SSSR count). The molecule has 0 saturated heterocycles. The minimum Gasteiger partial charge on any atom is -0.493 e. The van der Waals surface area contributed by atoms with Crippen molar-refractivity contribution in [2.24, 2.45) is 0 Å². The summed E-state index contributed by atoms with van der Waals surface area (Å²) in [6, 6.07) is 8.60. The molecule has 0 N–H and O–H groups in total.